The number of fused-ring (bicyclic) bond motifs is 1. The zero-order chi connectivity index (χ0) is 13.9. The molecule has 0 aliphatic heterocycles. The molecule has 20 heavy (non-hydrogen) atoms. The van der Waals surface area contributed by atoms with E-state index < -0.39 is 0 Å². The van der Waals surface area contributed by atoms with Crippen LogP contribution in [0.5, 0.6) is 0 Å². The van der Waals surface area contributed by atoms with Gasteiger partial charge in [-0.25, -0.2) is 9.97 Å². The molecule has 0 fully saturated rings. The zero-order valence-electron chi connectivity index (χ0n) is 10.5. The summed E-state index contributed by atoms with van der Waals surface area (Å²) >= 11 is 3.40. The van der Waals surface area contributed by atoms with E-state index in [2.05, 4.69) is 36.2 Å². The summed E-state index contributed by atoms with van der Waals surface area (Å²) in [5, 5.41) is 2.86. The molecule has 1 amide bonds. The van der Waals surface area contributed by atoms with Crippen LogP contribution in [0.25, 0.3) is 5.65 Å². The SMILES string of the molecule is O=C(CCc1ncc[nH]1)Nc1ccc2ncc(Br)n2c1. The fourth-order valence-corrected chi connectivity index (χ4v) is 2.30. The highest BCUT2D eigenvalue weighted by molar-refractivity contribution is 9.10. The van der Waals surface area contributed by atoms with Crippen molar-refractivity contribution < 1.29 is 4.79 Å². The van der Waals surface area contributed by atoms with Gasteiger partial charge in [0, 0.05) is 31.4 Å². The van der Waals surface area contributed by atoms with Crippen LogP contribution >= 0.6 is 15.9 Å². The van der Waals surface area contributed by atoms with Crippen LogP contribution < -0.4 is 5.32 Å². The Morgan fingerprint density at radius 3 is 3.10 bits per heavy atom. The minimum absolute atomic E-state index is 0.0445. The maximum Gasteiger partial charge on any atom is 0.224 e. The Balaban J connectivity index is 1.66. The third-order valence-electron chi connectivity index (χ3n) is 2.89. The highest BCUT2D eigenvalue weighted by atomic mass is 79.9. The molecule has 0 unspecified atom stereocenters. The van der Waals surface area contributed by atoms with Gasteiger partial charge in [-0.05, 0) is 28.1 Å². The average Bonchev–Trinajstić information content (AvgIpc) is 3.07. The molecule has 0 aliphatic carbocycles. The monoisotopic (exact) mass is 333 g/mol. The first kappa shape index (κ1) is 12.9. The van der Waals surface area contributed by atoms with Gasteiger partial charge >= 0.3 is 0 Å². The first-order chi connectivity index (χ1) is 9.72. The molecule has 0 aliphatic rings. The van der Waals surface area contributed by atoms with Crippen molar-refractivity contribution in [2.75, 3.05) is 5.32 Å². The summed E-state index contributed by atoms with van der Waals surface area (Å²) in [6.45, 7) is 0. The number of H-pyrrole nitrogens is 1. The lowest BCUT2D eigenvalue weighted by Gasteiger charge is -2.05. The summed E-state index contributed by atoms with van der Waals surface area (Å²) in [5.41, 5.74) is 1.56. The van der Waals surface area contributed by atoms with Crippen LogP contribution in [-0.4, -0.2) is 25.3 Å². The number of hydrogen-bond donors (Lipinski definition) is 2. The molecule has 3 heterocycles. The Kier molecular flexibility index (Phi) is 3.51. The van der Waals surface area contributed by atoms with Crippen LogP contribution in [-0.2, 0) is 11.2 Å². The van der Waals surface area contributed by atoms with E-state index in [-0.39, 0.29) is 5.91 Å². The van der Waals surface area contributed by atoms with E-state index in [4.69, 9.17) is 0 Å². The van der Waals surface area contributed by atoms with E-state index >= 15 is 0 Å². The lowest BCUT2D eigenvalue weighted by Crippen LogP contribution is -2.13. The minimum atomic E-state index is -0.0445. The van der Waals surface area contributed by atoms with Gasteiger partial charge in [0.25, 0.3) is 0 Å². The Bertz CT molecular complexity index is 734. The van der Waals surface area contributed by atoms with E-state index in [1.165, 1.54) is 0 Å². The van der Waals surface area contributed by atoms with Crippen molar-refractivity contribution in [1.29, 1.82) is 0 Å². The lowest BCUT2D eigenvalue weighted by atomic mass is 10.3. The van der Waals surface area contributed by atoms with Crippen molar-refractivity contribution in [2.45, 2.75) is 12.8 Å². The highest BCUT2D eigenvalue weighted by Crippen LogP contribution is 2.16. The minimum Gasteiger partial charge on any atom is -0.349 e. The van der Waals surface area contributed by atoms with Crippen molar-refractivity contribution in [3.8, 4) is 0 Å². The van der Waals surface area contributed by atoms with Crippen LogP contribution in [0.1, 0.15) is 12.2 Å². The van der Waals surface area contributed by atoms with Gasteiger partial charge in [-0.1, -0.05) is 0 Å². The van der Waals surface area contributed by atoms with Gasteiger partial charge in [0.2, 0.25) is 5.91 Å². The van der Waals surface area contributed by atoms with Crippen LogP contribution in [0.15, 0.2) is 41.5 Å². The maximum atomic E-state index is 11.9. The summed E-state index contributed by atoms with van der Waals surface area (Å²) in [4.78, 5) is 23.1. The second kappa shape index (κ2) is 5.46. The molecule has 0 spiro atoms. The number of nitrogens with zero attached hydrogens (tertiary/aromatic N) is 3. The first-order valence-corrected chi connectivity index (χ1v) is 6.92. The number of imidazole rings is 2. The number of carbonyl (C=O) groups is 1. The highest BCUT2D eigenvalue weighted by Gasteiger charge is 2.06. The summed E-state index contributed by atoms with van der Waals surface area (Å²) in [5.74, 6) is 0.768. The largest absolute Gasteiger partial charge is 0.349 e. The average molecular weight is 334 g/mol. The Morgan fingerprint density at radius 2 is 2.30 bits per heavy atom. The van der Waals surface area contributed by atoms with Gasteiger partial charge in [0.05, 0.1) is 11.9 Å². The summed E-state index contributed by atoms with van der Waals surface area (Å²) in [6.07, 6.45) is 7.96. The molecule has 102 valence electrons. The van der Waals surface area contributed by atoms with Crippen molar-refractivity contribution >= 4 is 33.2 Å². The molecule has 0 saturated heterocycles. The van der Waals surface area contributed by atoms with Crippen molar-refractivity contribution in [3.05, 3.63) is 47.3 Å². The maximum absolute atomic E-state index is 11.9. The number of aromatic amines is 1. The predicted molar refractivity (Wildman–Crippen MR) is 78.4 cm³/mol. The predicted octanol–water partition coefficient (Wildman–Crippen LogP) is 2.39. The van der Waals surface area contributed by atoms with Crippen LogP contribution in [0, 0.1) is 0 Å². The molecule has 0 aromatic carbocycles. The Hall–Kier alpha value is -2.15. The van der Waals surface area contributed by atoms with Crippen molar-refractivity contribution in [3.63, 3.8) is 0 Å². The van der Waals surface area contributed by atoms with Gasteiger partial charge < -0.3 is 10.3 Å². The third kappa shape index (κ3) is 2.72. The van der Waals surface area contributed by atoms with E-state index in [1.54, 1.807) is 18.6 Å². The lowest BCUT2D eigenvalue weighted by molar-refractivity contribution is -0.116. The smallest absolute Gasteiger partial charge is 0.224 e. The number of nitrogens with one attached hydrogen (secondary N) is 2. The van der Waals surface area contributed by atoms with Crippen molar-refractivity contribution in [2.24, 2.45) is 0 Å². The number of rotatable bonds is 4. The van der Waals surface area contributed by atoms with Gasteiger partial charge in [-0.3, -0.25) is 9.20 Å². The quantitative estimate of drug-likeness (QED) is 0.769. The summed E-state index contributed by atoms with van der Waals surface area (Å²) in [7, 11) is 0. The normalized spacial score (nSPS) is 10.8. The molecule has 0 saturated carbocycles. The van der Waals surface area contributed by atoms with Crippen LogP contribution in [0.4, 0.5) is 5.69 Å². The fraction of sp³-hybridized carbons (Fsp3) is 0.154. The number of halogens is 1. The number of pyridine rings is 1. The Labute approximate surface area is 123 Å². The van der Waals surface area contributed by atoms with Gasteiger partial charge in [-0.2, -0.15) is 0 Å². The first-order valence-electron chi connectivity index (χ1n) is 6.13. The van der Waals surface area contributed by atoms with E-state index in [9.17, 15) is 4.79 Å². The molecule has 6 nitrogen and oxygen atoms in total. The molecule has 3 rings (SSSR count). The van der Waals surface area contributed by atoms with Gasteiger partial charge in [-0.15, -0.1) is 0 Å². The summed E-state index contributed by atoms with van der Waals surface area (Å²) < 4.78 is 2.71. The molecule has 0 radical (unpaired) electrons. The Morgan fingerprint density at radius 1 is 1.40 bits per heavy atom. The molecular formula is C13H12BrN5O. The number of anilines is 1. The van der Waals surface area contributed by atoms with E-state index in [1.807, 2.05) is 22.7 Å². The molecule has 3 aromatic rings. The van der Waals surface area contributed by atoms with E-state index in [0.29, 0.717) is 12.8 Å². The molecule has 0 atom stereocenters. The number of aryl methyl sites for hydroxylation is 1. The number of amides is 1. The van der Waals surface area contributed by atoms with Crippen LogP contribution in [0.3, 0.4) is 0 Å². The molecule has 7 heteroatoms. The molecule has 2 N–H and O–H groups in total. The van der Waals surface area contributed by atoms with Crippen molar-refractivity contribution in [1.82, 2.24) is 19.4 Å². The number of hydrogen-bond acceptors (Lipinski definition) is 3. The molecular weight excluding hydrogens is 322 g/mol. The standard InChI is InChI=1S/C13H12BrN5O/c14-10-7-17-12-3-1-9(8-19(10)12)18-13(20)4-2-11-15-5-6-16-11/h1,3,5-8H,2,4H2,(H,15,16)(H,18,20). The zero-order valence-corrected chi connectivity index (χ0v) is 12.1. The third-order valence-corrected chi connectivity index (χ3v) is 3.47. The number of aromatic nitrogens is 4. The fourth-order valence-electron chi connectivity index (χ4n) is 1.91. The van der Waals surface area contributed by atoms with Crippen LogP contribution in [0.2, 0.25) is 0 Å². The topological polar surface area (TPSA) is 75.1 Å². The molecule has 0 bridgehead atoms. The van der Waals surface area contributed by atoms with Gasteiger partial charge in [0.1, 0.15) is 16.1 Å². The number of carbonyl (C=O) groups excluding carboxylic acids is 1. The second-order valence-electron chi connectivity index (χ2n) is 4.31. The second-order valence-corrected chi connectivity index (χ2v) is 5.12. The summed E-state index contributed by atoms with van der Waals surface area (Å²) in [6, 6.07) is 3.69. The van der Waals surface area contributed by atoms with E-state index in [0.717, 1.165) is 21.8 Å². The molecule has 3 aromatic heterocycles. The van der Waals surface area contributed by atoms with Gasteiger partial charge in [0.15, 0.2) is 0 Å².